The second kappa shape index (κ2) is 8.74. The summed E-state index contributed by atoms with van der Waals surface area (Å²) in [4.78, 5) is 25.7. The Morgan fingerprint density at radius 1 is 0.944 bits per heavy atom. The van der Waals surface area contributed by atoms with E-state index in [-0.39, 0.29) is 22.1 Å². The average Bonchev–Trinajstić information content (AvgIpc) is 2.82. The molecule has 1 saturated heterocycles. The first-order chi connectivity index (χ1) is 16.9. The van der Waals surface area contributed by atoms with Gasteiger partial charge in [0.05, 0.1) is 22.3 Å². The SMILES string of the molecule is CC(C)(C)N1CCN(c2ccc(-n3c(=O)ccc4cnc5ccc(Cl)nc5c43)cc2C(F)(F)F)CC1. The fraction of sp³-hybridized carbons (Fsp3) is 0.346. The molecule has 0 aliphatic carbocycles. The largest absolute Gasteiger partial charge is 0.418 e. The molecular formula is C26H25ClF3N5O. The van der Waals surface area contributed by atoms with Crippen molar-refractivity contribution in [1.29, 1.82) is 0 Å². The molecule has 10 heteroatoms. The second-order valence-electron chi connectivity index (χ2n) is 9.91. The van der Waals surface area contributed by atoms with Gasteiger partial charge in [-0.15, -0.1) is 0 Å². The van der Waals surface area contributed by atoms with E-state index in [4.69, 9.17) is 11.6 Å². The van der Waals surface area contributed by atoms with E-state index in [2.05, 4.69) is 35.6 Å². The van der Waals surface area contributed by atoms with Crippen LogP contribution in [0.25, 0.3) is 27.6 Å². The van der Waals surface area contributed by atoms with Crippen LogP contribution >= 0.6 is 11.6 Å². The molecule has 0 radical (unpaired) electrons. The van der Waals surface area contributed by atoms with Crippen LogP contribution in [0, 0.1) is 0 Å². The van der Waals surface area contributed by atoms with Crippen LogP contribution in [0.4, 0.5) is 18.9 Å². The maximum atomic E-state index is 14.3. The Kier molecular flexibility index (Phi) is 5.95. The molecular weight excluding hydrogens is 491 g/mol. The van der Waals surface area contributed by atoms with Gasteiger partial charge in [-0.1, -0.05) is 11.6 Å². The number of piperazine rings is 1. The van der Waals surface area contributed by atoms with Crippen molar-refractivity contribution in [1.82, 2.24) is 19.4 Å². The van der Waals surface area contributed by atoms with E-state index in [1.807, 2.05) is 0 Å². The highest BCUT2D eigenvalue weighted by molar-refractivity contribution is 6.30. The molecule has 0 spiro atoms. The number of aromatic nitrogens is 3. The molecule has 0 saturated carbocycles. The van der Waals surface area contributed by atoms with Crippen molar-refractivity contribution in [3.8, 4) is 5.69 Å². The van der Waals surface area contributed by atoms with Crippen LogP contribution in [-0.2, 0) is 6.18 Å². The highest BCUT2D eigenvalue weighted by Gasteiger charge is 2.37. The summed E-state index contributed by atoms with van der Waals surface area (Å²) < 4.78 is 44.2. The lowest BCUT2D eigenvalue weighted by Crippen LogP contribution is -2.53. The molecule has 4 heterocycles. The Hall–Kier alpha value is -3.17. The zero-order valence-electron chi connectivity index (χ0n) is 20.1. The van der Waals surface area contributed by atoms with Crippen molar-refractivity contribution in [2.24, 2.45) is 0 Å². The molecule has 0 atom stereocenters. The summed E-state index contributed by atoms with van der Waals surface area (Å²) in [5.41, 5.74) is 0.0882. The summed E-state index contributed by atoms with van der Waals surface area (Å²) in [6.07, 6.45) is -3.04. The van der Waals surface area contributed by atoms with Crippen LogP contribution < -0.4 is 10.5 Å². The molecule has 188 valence electrons. The van der Waals surface area contributed by atoms with Crippen LogP contribution in [0.2, 0.25) is 5.15 Å². The number of nitrogens with zero attached hydrogens (tertiary/aromatic N) is 5. The fourth-order valence-electron chi connectivity index (χ4n) is 4.79. The molecule has 0 amide bonds. The van der Waals surface area contributed by atoms with Crippen LogP contribution in [0.3, 0.4) is 0 Å². The van der Waals surface area contributed by atoms with E-state index in [9.17, 15) is 18.0 Å². The Morgan fingerprint density at radius 3 is 2.33 bits per heavy atom. The number of pyridine rings is 3. The molecule has 5 rings (SSSR count). The topological polar surface area (TPSA) is 54.3 Å². The average molecular weight is 516 g/mol. The fourth-order valence-corrected chi connectivity index (χ4v) is 4.93. The van der Waals surface area contributed by atoms with Gasteiger partial charge in [-0.25, -0.2) is 4.98 Å². The number of fused-ring (bicyclic) bond motifs is 3. The summed E-state index contributed by atoms with van der Waals surface area (Å²) in [7, 11) is 0. The van der Waals surface area contributed by atoms with Gasteiger partial charge in [0.1, 0.15) is 10.7 Å². The Bertz CT molecular complexity index is 1520. The lowest BCUT2D eigenvalue weighted by molar-refractivity contribution is -0.137. The summed E-state index contributed by atoms with van der Waals surface area (Å²) in [5.74, 6) is 0. The molecule has 1 aliphatic heterocycles. The highest BCUT2D eigenvalue weighted by Crippen LogP contribution is 2.39. The van der Waals surface area contributed by atoms with Crippen LogP contribution in [-0.4, -0.2) is 51.2 Å². The van der Waals surface area contributed by atoms with Crippen molar-refractivity contribution < 1.29 is 13.2 Å². The summed E-state index contributed by atoms with van der Waals surface area (Å²) >= 11 is 6.10. The molecule has 0 bridgehead atoms. The quantitative estimate of drug-likeness (QED) is 0.260. The van der Waals surface area contributed by atoms with Crippen LogP contribution in [0.5, 0.6) is 0 Å². The molecule has 0 N–H and O–H groups in total. The standard InChI is InChI=1S/C26H25ClF3N5O/c1-25(2,3)34-12-10-33(11-13-34)20-7-5-17(14-18(20)26(28,29)30)35-22(36)9-4-16-15-31-19-6-8-21(27)32-23(19)24(16)35/h4-9,14-15H,10-13H2,1-3H3. The molecule has 1 aliphatic rings. The predicted octanol–water partition coefficient (Wildman–Crippen LogP) is 5.53. The Labute approximate surface area is 210 Å². The summed E-state index contributed by atoms with van der Waals surface area (Å²) in [6.45, 7) is 8.58. The minimum Gasteiger partial charge on any atom is -0.368 e. The third-order valence-electron chi connectivity index (χ3n) is 6.64. The van der Waals surface area contributed by atoms with E-state index < -0.39 is 17.3 Å². The predicted molar refractivity (Wildman–Crippen MR) is 136 cm³/mol. The number of hydrogen-bond donors (Lipinski definition) is 0. The minimum absolute atomic E-state index is 0.0487. The number of alkyl halides is 3. The maximum Gasteiger partial charge on any atom is 0.418 e. The number of rotatable bonds is 2. The van der Waals surface area contributed by atoms with Gasteiger partial charge in [0, 0.05) is 55.1 Å². The van der Waals surface area contributed by atoms with Gasteiger partial charge in [-0.2, -0.15) is 13.2 Å². The lowest BCUT2D eigenvalue weighted by atomic mass is 10.0. The first-order valence-corrected chi connectivity index (χ1v) is 12.0. The molecule has 4 aromatic rings. The van der Waals surface area contributed by atoms with E-state index in [0.29, 0.717) is 48.1 Å². The zero-order chi connectivity index (χ0) is 25.8. The third kappa shape index (κ3) is 4.41. The van der Waals surface area contributed by atoms with E-state index in [1.165, 1.54) is 16.7 Å². The lowest BCUT2D eigenvalue weighted by Gasteiger charge is -2.43. The molecule has 0 unspecified atom stereocenters. The smallest absolute Gasteiger partial charge is 0.368 e. The monoisotopic (exact) mass is 515 g/mol. The molecule has 1 fully saturated rings. The van der Waals surface area contributed by atoms with Crippen molar-refractivity contribution in [3.05, 3.63) is 69.7 Å². The maximum absolute atomic E-state index is 14.3. The zero-order valence-corrected chi connectivity index (χ0v) is 20.9. The van der Waals surface area contributed by atoms with Crippen molar-refractivity contribution >= 4 is 39.2 Å². The van der Waals surface area contributed by atoms with E-state index in [0.717, 1.165) is 6.07 Å². The first-order valence-electron chi connectivity index (χ1n) is 11.6. The number of benzene rings is 1. The van der Waals surface area contributed by atoms with Gasteiger partial charge in [-0.05, 0) is 57.2 Å². The van der Waals surface area contributed by atoms with E-state index in [1.54, 1.807) is 35.4 Å². The Balaban J connectivity index is 1.66. The van der Waals surface area contributed by atoms with E-state index >= 15 is 0 Å². The van der Waals surface area contributed by atoms with Crippen molar-refractivity contribution in [3.63, 3.8) is 0 Å². The number of halogens is 4. The van der Waals surface area contributed by atoms with Gasteiger partial charge in [-0.3, -0.25) is 19.2 Å². The summed E-state index contributed by atoms with van der Waals surface area (Å²) in [5, 5.41) is 0.758. The van der Waals surface area contributed by atoms with Gasteiger partial charge in [0.25, 0.3) is 5.56 Å². The van der Waals surface area contributed by atoms with Crippen molar-refractivity contribution in [2.75, 3.05) is 31.1 Å². The summed E-state index contributed by atoms with van der Waals surface area (Å²) in [6, 6.07) is 10.2. The number of hydrogen-bond acceptors (Lipinski definition) is 5. The number of anilines is 1. The Morgan fingerprint density at radius 2 is 1.67 bits per heavy atom. The minimum atomic E-state index is -4.61. The van der Waals surface area contributed by atoms with Gasteiger partial charge >= 0.3 is 6.18 Å². The van der Waals surface area contributed by atoms with Gasteiger partial charge in [0.15, 0.2) is 0 Å². The third-order valence-corrected chi connectivity index (χ3v) is 6.85. The van der Waals surface area contributed by atoms with Crippen molar-refractivity contribution in [2.45, 2.75) is 32.5 Å². The highest BCUT2D eigenvalue weighted by atomic mass is 35.5. The van der Waals surface area contributed by atoms with Crippen LogP contribution in [0.15, 0.2) is 53.5 Å². The molecule has 3 aromatic heterocycles. The molecule has 1 aromatic carbocycles. The molecule has 6 nitrogen and oxygen atoms in total. The second-order valence-corrected chi connectivity index (χ2v) is 10.3. The first kappa shape index (κ1) is 24.5. The van der Waals surface area contributed by atoms with Gasteiger partial charge < -0.3 is 4.90 Å². The normalized spacial score (nSPS) is 15.7. The van der Waals surface area contributed by atoms with Gasteiger partial charge in [0.2, 0.25) is 0 Å². The van der Waals surface area contributed by atoms with Crippen LogP contribution in [0.1, 0.15) is 26.3 Å². The molecule has 36 heavy (non-hydrogen) atoms.